The van der Waals surface area contributed by atoms with E-state index in [-0.39, 0.29) is 17.1 Å². The summed E-state index contributed by atoms with van der Waals surface area (Å²) in [6.07, 6.45) is 2.14. The minimum atomic E-state index is -2.89. The van der Waals surface area contributed by atoms with E-state index in [0.29, 0.717) is 25.1 Å². The van der Waals surface area contributed by atoms with Crippen molar-refractivity contribution in [3.8, 4) is 5.75 Å². The third kappa shape index (κ3) is 3.80. The summed E-state index contributed by atoms with van der Waals surface area (Å²) in [6, 6.07) is 5.21. The average molecular weight is 368 g/mol. The lowest BCUT2D eigenvalue weighted by molar-refractivity contribution is -0.141. The molecule has 1 N–H and O–H groups in total. The first-order valence-corrected chi connectivity index (χ1v) is 8.57. The molecule has 1 atom stereocenters. The number of carbonyl (C=O) groups excluding carboxylic acids is 1. The van der Waals surface area contributed by atoms with Gasteiger partial charge in [-0.2, -0.15) is 8.78 Å². The number of piperidine rings is 1. The van der Waals surface area contributed by atoms with Crippen LogP contribution in [0.3, 0.4) is 0 Å². The first-order valence-electron chi connectivity index (χ1n) is 8.57. The van der Waals surface area contributed by atoms with Gasteiger partial charge in [0.15, 0.2) is 0 Å². The number of likely N-dealkylation sites (tertiary alicyclic amines) is 2. The molecular weight excluding hydrogens is 346 g/mol. The molecule has 2 fully saturated rings. The minimum absolute atomic E-state index is 0.0165. The Bertz CT molecular complexity index is 672. The van der Waals surface area contributed by atoms with E-state index >= 15 is 0 Å². The number of carbonyl (C=O) groups is 2. The van der Waals surface area contributed by atoms with E-state index in [9.17, 15) is 23.5 Å². The normalized spacial score (nSPS) is 22.8. The van der Waals surface area contributed by atoms with Gasteiger partial charge in [-0.25, -0.2) is 0 Å². The van der Waals surface area contributed by atoms with Gasteiger partial charge in [0.2, 0.25) is 0 Å². The van der Waals surface area contributed by atoms with E-state index in [1.54, 1.807) is 4.90 Å². The number of hydrogen-bond donors (Lipinski definition) is 1. The quantitative estimate of drug-likeness (QED) is 0.883. The summed E-state index contributed by atoms with van der Waals surface area (Å²) in [4.78, 5) is 27.5. The van der Waals surface area contributed by atoms with Gasteiger partial charge in [0.1, 0.15) is 11.8 Å². The molecule has 1 aromatic carbocycles. The number of alkyl halides is 2. The van der Waals surface area contributed by atoms with Gasteiger partial charge in [0.05, 0.1) is 0 Å². The SMILES string of the molecule is CN1CC2(CCN(C(=O)c3ccc(OC(F)F)cc3)CC2)CC1C(=O)O. The van der Waals surface area contributed by atoms with Crippen molar-refractivity contribution in [2.45, 2.75) is 31.9 Å². The molecule has 2 aliphatic rings. The maximum atomic E-state index is 12.6. The molecule has 1 aromatic rings. The highest BCUT2D eigenvalue weighted by Crippen LogP contribution is 2.43. The van der Waals surface area contributed by atoms with Crippen LogP contribution in [-0.2, 0) is 4.79 Å². The Morgan fingerprint density at radius 1 is 1.23 bits per heavy atom. The number of nitrogens with zero attached hydrogens (tertiary/aromatic N) is 2. The Labute approximate surface area is 150 Å². The van der Waals surface area contributed by atoms with Crippen LogP contribution in [0.15, 0.2) is 24.3 Å². The van der Waals surface area contributed by atoms with E-state index in [2.05, 4.69) is 4.74 Å². The lowest BCUT2D eigenvalue weighted by Gasteiger charge is -2.39. The molecule has 26 heavy (non-hydrogen) atoms. The van der Waals surface area contributed by atoms with Crippen molar-refractivity contribution in [1.82, 2.24) is 9.80 Å². The standard InChI is InChI=1S/C18H22F2N2O4/c1-21-11-18(10-14(21)16(24)25)6-8-22(9-7-18)15(23)12-2-4-13(5-3-12)26-17(19)20/h2-5,14,17H,6-11H2,1H3,(H,24,25). The molecule has 0 bridgehead atoms. The Morgan fingerprint density at radius 2 is 1.85 bits per heavy atom. The molecule has 0 saturated carbocycles. The number of aliphatic carboxylic acids is 1. The van der Waals surface area contributed by atoms with E-state index < -0.39 is 18.6 Å². The van der Waals surface area contributed by atoms with Crippen molar-refractivity contribution < 1.29 is 28.2 Å². The summed E-state index contributed by atoms with van der Waals surface area (Å²) >= 11 is 0. The molecule has 6 nitrogen and oxygen atoms in total. The van der Waals surface area contributed by atoms with Crippen LogP contribution in [0.2, 0.25) is 0 Å². The molecule has 2 heterocycles. The van der Waals surface area contributed by atoms with Crippen LogP contribution in [-0.4, -0.2) is 66.1 Å². The van der Waals surface area contributed by atoms with Gasteiger partial charge < -0.3 is 14.7 Å². The number of likely N-dealkylation sites (N-methyl/N-ethyl adjacent to an activating group) is 1. The van der Waals surface area contributed by atoms with Crippen LogP contribution in [0, 0.1) is 5.41 Å². The lowest BCUT2D eigenvalue weighted by Crippen LogP contribution is -2.44. The third-order valence-electron chi connectivity index (χ3n) is 5.47. The minimum Gasteiger partial charge on any atom is -0.480 e. The number of ether oxygens (including phenoxy) is 1. The smallest absolute Gasteiger partial charge is 0.387 e. The van der Waals surface area contributed by atoms with Crippen LogP contribution >= 0.6 is 0 Å². The molecular formula is C18H22F2N2O4. The predicted octanol–water partition coefficient (Wildman–Crippen LogP) is 2.30. The molecule has 0 aliphatic carbocycles. The molecule has 142 valence electrons. The summed E-state index contributed by atoms with van der Waals surface area (Å²) < 4.78 is 28.7. The van der Waals surface area contributed by atoms with Crippen molar-refractivity contribution in [2.24, 2.45) is 5.41 Å². The van der Waals surface area contributed by atoms with Gasteiger partial charge in [-0.05, 0) is 56.0 Å². The summed E-state index contributed by atoms with van der Waals surface area (Å²) in [7, 11) is 1.83. The molecule has 0 aromatic heterocycles. The number of rotatable bonds is 4. The van der Waals surface area contributed by atoms with Crippen molar-refractivity contribution in [3.05, 3.63) is 29.8 Å². The molecule has 2 saturated heterocycles. The second-order valence-corrected chi connectivity index (χ2v) is 7.17. The summed E-state index contributed by atoms with van der Waals surface area (Å²) in [5.41, 5.74) is 0.373. The Morgan fingerprint density at radius 3 is 2.35 bits per heavy atom. The highest BCUT2D eigenvalue weighted by molar-refractivity contribution is 5.94. The number of hydrogen-bond acceptors (Lipinski definition) is 4. The topological polar surface area (TPSA) is 70.1 Å². The number of carboxylic acids is 1. The molecule has 8 heteroatoms. The fourth-order valence-electron chi connectivity index (χ4n) is 4.05. The van der Waals surface area contributed by atoms with E-state index in [4.69, 9.17) is 0 Å². The largest absolute Gasteiger partial charge is 0.480 e. The summed E-state index contributed by atoms with van der Waals surface area (Å²) in [5.74, 6) is -0.929. The van der Waals surface area contributed by atoms with E-state index in [1.807, 2.05) is 11.9 Å². The van der Waals surface area contributed by atoms with Crippen LogP contribution in [0.1, 0.15) is 29.6 Å². The monoisotopic (exact) mass is 368 g/mol. The molecule has 3 rings (SSSR count). The maximum absolute atomic E-state index is 12.6. The van der Waals surface area contributed by atoms with Gasteiger partial charge in [-0.15, -0.1) is 0 Å². The van der Waals surface area contributed by atoms with Crippen molar-refractivity contribution in [1.29, 1.82) is 0 Å². The zero-order valence-corrected chi connectivity index (χ0v) is 14.5. The van der Waals surface area contributed by atoms with Crippen LogP contribution in [0.4, 0.5) is 8.78 Å². The first kappa shape index (κ1) is 18.6. The van der Waals surface area contributed by atoms with Gasteiger partial charge in [0, 0.05) is 25.2 Å². The zero-order valence-electron chi connectivity index (χ0n) is 14.5. The predicted molar refractivity (Wildman–Crippen MR) is 89.3 cm³/mol. The molecule has 1 amide bonds. The van der Waals surface area contributed by atoms with Gasteiger partial charge in [-0.1, -0.05) is 0 Å². The Kier molecular flexibility index (Phi) is 5.13. The van der Waals surface area contributed by atoms with Crippen LogP contribution in [0.25, 0.3) is 0 Å². The Balaban J connectivity index is 1.59. The van der Waals surface area contributed by atoms with Crippen LogP contribution < -0.4 is 4.74 Å². The highest BCUT2D eigenvalue weighted by Gasteiger charge is 2.47. The highest BCUT2D eigenvalue weighted by atomic mass is 19.3. The van der Waals surface area contributed by atoms with Crippen molar-refractivity contribution in [2.75, 3.05) is 26.7 Å². The van der Waals surface area contributed by atoms with E-state index in [1.165, 1.54) is 24.3 Å². The van der Waals surface area contributed by atoms with Gasteiger partial charge in [0.25, 0.3) is 5.91 Å². The first-order chi connectivity index (χ1) is 12.3. The van der Waals surface area contributed by atoms with Crippen LogP contribution in [0.5, 0.6) is 5.75 Å². The number of halogens is 2. The van der Waals surface area contributed by atoms with Gasteiger partial charge >= 0.3 is 12.6 Å². The summed E-state index contributed by atoms with van der Waals surface area (Å²) in [6.45, 7) is -1.04. The zero-order chi connectivity index (χ0) is 18.9. The van der Waals surface area contributed by atoms with Crippen molar-refractivity contribution >= 4 is 11.9 Å². The molecule has 1 unspecified atom stereocenters. The number of benzene rings is 1. The number of carboxylic acid groups (broad SMARTS) is 1. The summed E-state index contributed by atoms with van der Waals surface area (Å²) in [5, 5.41) is 9.30. The van der Waals surface area contributed by atoms with Gasteiger partial charge in [-0.3, -0.25) is 14.5 Å². The van der Waals surface area contributed by atoms with E-state index in [0.717, 1.165) is 19.4 Å². The third-order valence-corrected chi connectivity index (χ3v) is 5.47. The fraction of sp³-hybridized carbons (Fsp3) is 0.556. The Hall–Kier alpha value is -2.22. The molecule has 2 aliphatic heterocycles. The average Bonchev–Trinajstić information content (AvgIpc) is 2.91. The molecule has 1 spiro atoms. The van der Waals surface area contributed by atoms with Crippen molar-refractivity contribution in [3.63, 3.8) is 0 Å². The fourth-order valence-corrected chi connectivity index (χ4v) is 4.05. The maximum Gasteiger partial charge on any atom is 0.387 e. The number of amides is 1. The second-order valence-electron chi connectivity index (χ2n) is 7.17. The molecule has 0 radical (unpaired) electrons. The second kappa shape index (κ2) is 7.19. The lowest BCUT2D eigenvalue weighted by atomic mass is 9.76.